The predicted octanol–water partition coefficient (Wildman–Crippen LogP) is 8.01. The quantitative estimate of drug-likeness (QED) is 0.0542. The molecule has 5 aromatic rings. The van der Waals surface area contributed by atoms with Gasteiger partial charge in [-0.2, -0.15) is 0 Å². The lowest BCUT2D eigenvalue weighted by atomic mass is 9.98. The zero-order valence-corrected chi connectivity index (χ0v) is 24.1. The van der Waals surface area contributed by atoms with Crippen molar-refractivity contribution in [3.05, 3.63) is 100 Å². The predicted molar refractivity (Wildman–Crippen MR) is 167 cm³/mol. The van der Waals surface area contributed by atoms with Crippen LogP contribution in [0.2, 0.25) is 0 Å². The zero-order chi connectivity index (χ0) is 29.8. The molecule has 0 bridgehead atoms. The Kier molecular flexibility index (Phi) is 8.64. The summed E-state index contributed by atoms with van der Waals surface area (Å²) in [5.41, 5.74) is 2.85. The van der Waals surface area contributed by atoms with Gasteiger partial charge in [-0.05, 0) is 36.6 Å². The van der Waals surface area contributed by atoms with E-state index in [0.29, 0.717) is 22.4 Å². The molecule has 0 radical (unpaired) electrons. The highest BCUT2D eigenvalue weighted by atomic mass is 16.7. The number of hydrogen-bond acceptors (Lipinski definition) is 6. The van der Waals surface area contributed by atoms with Gasteiger partial charge >= 0.3 is 0 Å². The molecule has 0 saturated carbocycles. The van der Waals surface area contributed by atoms with Gasteiger partial charge in [0, 0.05) is 52.3 Å². The molecule has 1 heterocycles. The lowest BCUT2D eigenvalue weighted by Gasteiger charge is -2.18. The van der Waals surface area contributed by atoms with Crippen LogP contribution in [0.3, 0.4) is 0 Å². The van der Waals surface area contributed by atoms with E-state index in [1.807, 2.05) is 30.3 Å². The van der Waals surface area contributed by atoms with Gasteiger partial charge in [-0.15, -0.1) is 0 Å². The number of carbonyl (C=O) groups is 1. The number of hydrogen-bond donors (Lipinski definition) is 1. The van der Waals surface area contributed by atoms with Gasteiger partial charge in [0.1, 0.15) is 0 Å². The van der Waals surface area contributed by atoms with Crippen molar-refractivity contribution in [1.82, 2.24) is 4.57 Å². The molecule has 8 nitrogen and oxygen atoms in total. The van der Waals surface area contributed by atoms with Crippen molar-refractivity contribution in [1.29, 1.82) is 0 Å². The van der Waals surface area contributed by atoms with Crippen molar-refractivity contribution < 1.29 is 19.7 Å². The SMILES string of the molecule is CCCCC(CC)Cn1c2ccc(C(=O)/C(=N/OC(C)O)c3ccccc3)cc2c2cc([N+](=O)[O-])c3ccccc3c21. The normalized spacial score (nSPS) is 13.5. The highest BCUT2D eigenvalue weighted by molar-refractivity contribution is 6.51. The summed E-state index contributed by atoms with van der Waals surface area (Å²) < 4.78 is 2.28. The molecular weight excluding hydrogens is 530 g/mol. The molecule has 1 N–H and O–H groups in total. The van der Waals surface area contributed by atoms with Crippen molar-refractivity contribution >= 4 is 49.8 Å². The Hall–Kier alpha value is -4.56. The number of ketones is 1. The Labute approximate surface area is 244 Å². The first-order valence-corrected chi connectivity index (χ1v) is 14.5. The summed E-state index contributed by atoms with van der Waals surface area (Å²) in [6.45, 7) is 6.58. The lowest BCUT2D eigenvalue weighted by molar-refractivity contribution is -0.382. The number of nitro benzene ring substituents is 1. The summed E-state index contributed by atoms with van der Waals surface area (Å²) in [7, 11) is 0. The van der Waals surface area contributed by atoms with Gasteiger partial charge in [-0.1, -0.05) is 86.8 Å². The summed E-state index contributed by atoms with van der Waals surface area (Å²) in [4.78, 5) is 30.8. The van der Waals surface area contributed by atoms with Crippen LogP contribution in [0.4, 0.5) is 5.69 Å². The number of aromatic nitrogens is 1. The lowest BCUT2D eigenvalue weighted by Crippen LogP contribution is -2.18. The number of unbranched alkanes of at least 4 members (excludes halogenated alkanes) is 1. The molecule has 0 fully saturated rings. The van der Waals surface area contributed by atoms with Crippen LogP contribution in [0.1, 0.15) is 62.4 Å². The summed E-state index contributed by atoms with van der Waals surface area (Å²) in [6.07, 6.45) is 3.17. The molecule has 42 heavy (non-hydrogen) atoms. The second-order valence-electron chi connectivity index (χ2n) is 10.7. The molecule has 5 rings (SSSR count). The van der Waals surface area contributed by atoms with E-state index in [-0.39, 0.29) is 22.1 Å². The van der Waals surface area contributed by atoms with Gasteiger partial charge < -0.3 is 14.5 Å². The first-order valence-electron chi connectivity index (χ1n) is 14.5. The van der Waals surface area contributed by atoms with Crippen LogP contribution >= 0.6 is 0 Å². The molecular formula is C34H35N3O5. The molecule has 216 valence electrons. The molecule has 0 saturated heterocycles. The fourth-order valence-electron chi connectivity index (χ4n) is 5.69. The Bertz CT molecular complexity index is 1790. The second-order valence-corrected chi connectivity index (χ2v) is 10.7. The van der Waals surface area contributed by atoms with Crippen LogP contribution in [-0.4, -0.2) is 32.4 Å². The van der Waals surface area contributed by atoms with Crippen LogP contribution < -0.4 is 0 Å². The van der Waals surface area contributed by atoms with Crippen molar-refractivity contribution in [2.45, 2.75) is 59.3 Å². The first kappa shape index (κ1) is 29.0. The van der Waals surface area contributed by atoms with Crippen LogP contribution in [-0.2, 0) is 11.4 Å². The maximum atomic E-state index is 13.9. The largest absolute Gasteiger partial charge is 0.363 e. The van der Waals surface area contributed by atoms with Crippen LogP contribution in [0.15, 0.2) is 84.0 Å². The van der Waals surface area contributed by atoms with Gasteiger partial charge in [0.15, 0.2) is 5.71 Å². The van der Waals surface area contributed by atoms with Crippen molar-refractivity contribution in [3.8, 4) is 0 Å². The van der Waals surface area contributed by atoms with Gasteiger partial charge in [-0.3, -0.25) is 14.9 Å². The molecule has 2 unspecified atom stereocenters. The minimum Gasteiger partial charge on any atom is -0.363 e. The minimum absolute atomic E-state index is 0.0313. The second kappa shape index (κ2) is 12.5. The van der Waals surface area contributed by atoms with Crippen molar-refractivity contribution in [2.75, 3.05) is 0 Å². The van der Waals surface area contributed by atoms with E-state index in [2.05, 4.69) is 23.6 Å². The van der Waals surface area contributed by atoms with Gasteiger partial charge in [0.05, 0.1) is 15.8 Å². The third kappa shape index (κ3) is 5.63. The summed E-state index contributed by atoms with van der Waals surface area (Å²) in [6, 6.07) is 23.5. The Morgan fingerprint density at radius 3 is 2.33 bits per heavy atom. The number of benzene rings is 4. The van der Waals surface area contributed by atoms with Crippen molar-refractivity contribution in [2.24, 2.45) is 11.1 Å². The Morgan fingerprint density at radius 2 is 1.67 bits per heavy atom. The monoisotopic (exact) mass is 565 g/mol. The van der Waals surface area contributed by atoms with Gasteiger partial charge in [0.2, 0.25) is 12.1 Å². The molecule has 0 aliphatic rings. The van der Waals surface area contributed by atoms with Gasteiger partial charge in [-0.25, -0.2) is 0 Å². The maximum Gasteiger partial charge on any atom is 0.277 e. The maximum absolute atomic E-state index is 13.9. The smallest absolute Gasteiger partial charge is 0.277 e. The fraction of sp³-hybridized carbons (Fsp3) is 0.294. The Balaban J connectivity index is 1.75. The van der Waals surface area contributed by atoms with Gasteiger partial charge in [0.25, 0.3) is 5.69 Å². The van der Waals surface area contributed by atoms with E-state index in [0.717, 1.165) is 59.4 Å². The number of nitrogens with zero attached hydrogens (tertiary/aromatic N) is 3. The summed E-state index contributed by atoms with van der Waals surface area (Å²) in [5, 5.41) is 28.7. The number of aliphatic hydroxyl groups excluding tert-OH is 1. The number of non-ortho nitro benzene ring substituents is 1. The number of rotatable bonds is 12. The van der Waals surface area contributed by atoms with E-state index in [9.17, 15) is 20.0 Å². The first-order chi connectivity index (χ1) is 20.3. The molecule has 2 atom stereocenters. The molecule has 4 aromatic carbocycles. The van der Waals surface area contributed by atoms with E-state index in [1.54, 1.807) is 48.5 Å². The zero-order valence-electron chi connectivity index (χ0n) is 24.1. The molecule has 1 aromatic heterocycles. The van der Waals surface area contributed by atoms with Crippen LogP contribution in [0, 0.1) is 16.0 Å². The van der Waals surface area contributed by atoms with E-state index < -0.39 is 6.29 Å². The average molecular weight is 566 g/mol. The topological polar surface area (TPSA) is 107 Å². The van der Waals surface area contributed by atoms with Crippen LogP contribution in [0.25, 0.3) is 32.6 Å². The van der Waals surface area contributed by atoms with E-state index >= 15 is 0 Å². The number of oxime groups is 1. The number of Topliss-reactive ketones (excluding diaryl/α,β-unsaturated/α-hetero) is 1. The van der Waals surface area contributed by atoms with E-state index in [4.69, 9.17) is 4.84 Å². The highest BCUT2D eigenvalue weighted by Gasteiger charge is 2.24. The molecule has 8 heteroatoms. The average Bonchev–Trinajstić information content (AvgIpc) is 3.31. The number of aliphatic hydroxyl groups is 1. The third-order valence-electron chi connectivity index (χ3n) is 7.84. The molecule has 0 aliphatic heterocycles. The number of nitro groups is 1. The molecule has 0 amide bonds. The third-order valence-corrected chi connectivity index (χ3v) is 7.84. The summed E-state index contributed by atoms with van der Waals surface area (Å²) >= 11 is 0. The van der Waals surface area contributed by atoms with E-state index in [1.165, 1.54) is 6.92 Å². The number of fused-ring (bicyclic) bond motifs is 5. The highest BCUT2D eigenvalue weighted by Crippen LogP contribution is 2.40. The van der Waals surface area contributed by atoms with Crippen molar-refractivity contribution in [3.63, 3.8) is 0 Å². The minimum atomic E-state index is -1.19. The van der Waals surface area contributed by atoms with Crippen LogP contribution in [0.5, 0.6) is 0 Å². The standard InChI is InChI=1S/C34H35N3O5/c1-4-6-12-23(5-2)21-36-30-18-17-25(34(39)32(35-42-22(3)38)24-13-8-7-9-14-24)19-28(30)29-20-31(37(40)41)26-15-10-11-16-27(26)33(29)36/h7-11,13-20,22-23,38H,4-6,12,21H2,1-3H3/b35-32+. The molecule has 0 aliphatic carbocycles. The summed E-state index contributed by atoms with van der Waals surface area (Å²) in [5.74, 6) is 0.0581. The number of carbonyl (C=O) groups excluding carboxylic acids is 1. The molecule has 0 spiro atoms. The Morgan fingerprint density at radius 1 is 0.952 bits per heavy atom. The fourth-order valence-corrected chi connectivity index (χ4v) is 5.69.